The van der Waals surface area contributed by atoms with Crippen LogP contribution in [0.4, 0.5) is 0 Å². The van der Waals surface area contributed by atoms with Crippen molar-refractivity contribution in [3.05, 3.63) is 27.7 Å². The Morgan fingerprint density at radius 1 is 1.18 bits per heavy atom. The van der Waals surface area contributed by atoms with Crippen LogP contribution in [0, 0.1) is 0 Å². The maximum atomic E-state index is 6.05. The summed E-state index contributed by atoms with van der Waals surface area (Å²) in [6.07, 6.45) is 1.09. The minimum Gasteiger partial charge on any atom is -0.494 e. The van der Waals surface area contributed by atoms with Gasteiger partial charge in [0.25, 0.3) is 0 Å². The molecule has 0 saturated heterocycles. The van der Waals surface area contributed by atoms with E-state index in [0.29, 0.717) is 15.8 Å². The molecule has 0 atom stereocenters. The molecular weight excluding hydrogens is 259 g/mol. The third kappa shape index (κ3) is 4.72. The van der Waals surface area contributed by atoms with Crippen molar-refractivity contribution < 1.29 is 4.74 Å². The zero-order valence-corrected chi connectivity index (χ0v) is 11.7. The van der Waals surface area contributed by atoms with Crippen molar-refractivity contribution in [3.8, 4) is 5.75 Å². The van der Waals surface area contributed by atoms with Crippen molar-refractivity contribution in [1.82, 2.24) is 10.6 Å². The van der Waals surface area contributed by atoms with Gasteiger partial charge in [-0.2, -0.15) is 0 Å². The molecule has 17 heavy (non-hydrogen) atoms. The van der Waals surface area contributed by atoms with E-state index in [1.807, 2.05) is 19.2 Å². The molecular formula is C12H18Cl2N2O. The van der Waals surface area contributed by atoms with Crippen molar-refractivity contribution >= 4 is 23.2 Å². The average Bonchev–Trinajstić information content (AvgIpc) is 2.28. The molecule has 96 valence electrons. The maximum Gasteiger partial charge on any atom is 0.156 e. The molecule has 3 nitrogen and oxygen atoms in total. The van der Waals surface area contributed by atoms with Gasteiger partial charge in [-0.15, -0.1) is 0 Å². The predicted molar refractivity (Wildman–Crippen MR) is 73.3 cm³/mol. The fourth-order valence-electron chi connectivity index (χ4n) is 1.53. The van der Waals surface area contributed by atoms with E-state index in [1.54, 1.807) is 7.11 Å². The van der Waals surface area contributed by atoms with Crippen molar-refractivity contribution in [2.24, 2.45) is 0 Å². The summed E-state index contributed by atoms with van der Waals surface area (Å²) in [5, 5.41) is 7.53. The van der Waals surface area contributed by atoms with Gasteiger partial charge in [-0.25, -0.2) is 0 Å². The number of rotatable bonds is 7. The Hall–Kier alpha value is -0.480. The Bertz CT molecular complexity index is 335. The fraction of sp³-hybridized carbons (Fsp3) is 0.500. The van der Waals surface area contributed by atoms with Crippen LogP contribution in [-0.2, 0) is 6.54 Å². The second-order valence-corrected chi connectivity index (χ2v) is 4.54. The van der Waals surface area contributed by atoms with Crippen LogP contribution in [0.2, 0.25) is 10.0 Å². The maximum absolute atomic E-state index is 6.05. The summed E-state index contributed by atoms with van der Waals surface area (Å²) in [4.78, 5) is 0. The Labute approximate surface area is 112 Å². The molecule has 2 N–H and O–H groups in total. The van der Waals surface area contributed by atoms with Crippen LogP contribution >= 0.6 is 23.2 Å². The van der Waals surface area contributed by atoms with Gasteiger partial charge in [0.1, 0.15) is 0 Å². The van der Waals surface area contributed by atoms with Gasteiger partial charge >= 0.3 is 0 Å². The Balaban J connectivity index is 2.49. The van der Waals surface area contributed by atoms with Gasteiger partial charge in [-0.1, -0.05) is 23.2 Å². The minimum atomic E-state index is 0.535. The van der Waals surface area contributed by atoms with Crippen LogP contribution < -0.4 is 15.4 Å². The summed E-state index contributed by atoms with van der Waals surface area (Å²) < 4.78 is 5.10. The van der Waals surface area contributed by atoms with Crippen molar-refractivity contribution in [1.29, 1.82) is 0 Å². The highest BCUT2D eigenvalue weighted by atomic mass is 35.5. The summed E-state index contributed by atoms with van der Waals surface area (Å²) in [5.41, 5.74) is 1.06. The summed E-state index contributed by atoms with van der Waals surface area (Å²) in [6, 6.07) is 3.74. The zero-order chi connectivity index (χ0) is 12.7. The van der Waals surface area contributed by atoms with Crippen LogP contribution in [0.1, 0.15) is 12.0 Å². The molecule has 0 radical (unpaired) electrons. The van der Waals surface area contributed by atoms with E-state index < -0.39 is 0 Å². The molecule has 0 amide bonds. The summed E-state index contributed by atoms with van der Waals surface area (Å²) in [6.45, 7) is 2.73. The second-order valence-electron chi connectivity index (χ2n) is 3.73. The molecule has 0 aliphatic heterocycles. The first-order valence-electron chi connectivity index (χ1n) is 5.56. The van der Waals surface area contributed by atoms with Gasteiger partial charge < -0.3 is 15.4 Å². The summed E-state index contributed by atoms with van der Waals surface area (Å²) >= 11 is 12.1. The molecule has 0 aliphatic rings. The van der Waals surface area contributed by atoms with Gasteiger partial charge in [-0.05, 0) is 44.3 Å². The molecule has 0 bridgehead atoms. The Kier molecular flexibility index (Phi) is 6.66. The van der Waals surface area contributed by atoms with E-state index in [9.17, 15) is 0 Å². The normalized spacial score (nSPS) is 10.6. The third-order valence-corrected chi connectivity index (χ3v) is 2.93. The second kappa shape index (κ2) is 7.77. The van der Waals surface area contributed by atoms with E-state index in [1.165, 1.54) is 0 Å². The summed E-state index contributed by atoms with van der Waals surface area (Å²) in [7, 11) is 3.51. The first-order valence-corrected chi connectivity index (χ1v) is 6.32. The molecule has 0 fully saturated rings. The number of benzene rings is 1. The monoisotopic (exact) mass is 276 g/mol. The fourth-order valence-corrected chi connectivity index (χ4v) is 2.22. The SMILES string of the molecule is CNCCCNCc1cc(Cl)c(OC)c(Cl)c1. The topological polar surface area (TPSA) is 33.3 Å². The van der Waals surface area contributed by atoms with Crippen molar-refractivity contribution in [2.75, 3.05) is 27.2 Å². The van der Waals surface area contributed by atoms with Gasteiger partial charge in [-0.3, -0.25) is 0 Å². The minimum absolute atomic E-state index is 0.535. The lowest BCUT2D eigenvalue weighted by molar-refractivity contribution is 0.415. The number of halogens is 2. The number of hydrogen-bond donors (Lipinski definition) is 2. The Morgan fingerprint density at radius 3 is 2.35 bits per heavy atom. The lowest BCUT2D eigenvalue weighted by atomic mass is 10.2. The average molecular weight is 277 g/mol. The van der Waals surface area contributed by atoms with E-state index >= 15 is 0 Å². The van der Waals surface area contributed by atoms with Crippen LogP contribution in [0.15, 0.2) is 12.1 Å². The zero-order valence-electron chi connectivity index (χ0n) is 10.1. The van der Waals surface area contributed by atoms with E-state index in [2.05, 4.69) is 10.6 Å². The summed E-state index contributed by atoms with van der Waals surface area (Å²) in [5.74, 6) is 0.535. The van der Waals surface area contributed by atoms with Crippen LogP contribution in [0.5, 0.6) is 5.75 Å². The first-order chi connectivity index (χ1) is 8.19. The molecule has 1 aromatic carbocycles. The van der Waals surface area contributed by atoms with Crippen molar-refractivity contribution in [3.63, 3.8) is 0 Å². The highest BCUT2D eigenvalue weighted by molar-refractivity contribution is 6.37. The Morgan fingerprint density at radius 2 is 1.82 bits per heavy atom. The molecule has 0 heterocycles. The smallest absolute Gasteiger partial charge is 0.156 e. The predicted octanol–water partition coefficient (Wildman–Crippen LogP) is 2.70. The highest BCUT2D eigenvalue weighted by Crippen LogP contribution is 2.33. The van der Waals surface area contributed by atoms with E-state index in [4.69, 9.17) is 27.9 Å². The molecule has 0 saturated carbocycles. The van der Waals surface area contributed by atoms with Crippen molar-refractivity contribution in [2.45, 2.75) is 13.0 Å². The third-order valence-electron chi connectivity index (χ3n) is 2.37. The number of nitrogens with one attached hydrogen (secondary N) is 2. The van der Waals surface area contributed by atoms with E-state index in [0.717, 1.165) is 31.6 Å². The first kappa shape index (κ1) is 14.6. The van der Waals surface area contributed by atoms with E-state index in [-0.39, 0.29) is 0 Å². The molecule has 1 aromatic rings. The van der Waals surface area contributed by atoms with Gasteiger partial charge in [0.05, 0.1) is 17.2 Å². The molecule has 0 spiro atoms. The molecule has 0 unspecified atom stereocenters. The number of methoxy groups -OCH3 is 1. The lowest BCUT2D eigenvalue weighted by Gasteiger charge is -2.09. The number of ether oxygens (including phenoxy) is 1. The van der Waals surface area contributed by atoms with Crippen LogP contribution in [0.25, 0.3) is 0 Å². The molecule has 0 aliphatic carbocycles. The largest absolute Gasteiger partial charge is 0.494 e. The van der Waals surface area contributed by atoms with Crippen LogP contribution in [-0.4, -0.2) is 27.2 Å². The molecule has 5 heteroatoms. The lowest BCUT2D eigenvalue weighted by Crippen LogP contribution is -2.19. The van der Waals surface area contributed by atoms with Crippen LogP contribution in [0.3, 0.4) is 0 Å². The molecule has 1 rings (SSSR count). The highest BCUT2D eigenvalue weighted by Gasteiger charge is 2.07. The van der Waals surface area contributed by atoms with Gasteiger partial charge in [0, 0.05) is 6.54 Å². The standard InChI is InChI=1S/C12H18Cl2N2O/c1-15-4-3-5-16-8-9-6-10(13)12(17-2)11(14)7-9/h6-7,15-16H,3-5,8H2,1-2H3. The molecule has 0 aromatic heterocycles. The quantitative estimate of drug-likeness (QED) is 0.752. The number of hydrogen-bond acceptors (Lipinski definition) is 3. The van der Waals surface area contributed by atoms with Gasteiger partial charge in [0.15, 0.2) is 5.75 Å². The van der Waals surface area contributed by atoms with Gasteiger partial charge in [0.2, 0.25) is 0 Å².